The third-order valence-corrected chi connectivity index (χ3v) is 6.18. The zero-order valence-electron chi connectivity index (χ0n) is 17.7. The van der Waals surface area contributed by atoms with E-state index in [1.807, 2.05) is 19.9 Å². The van der Waals surface area contributed by atoms with Crippen LogP contribution in [-0.4, -0.2) is 40.9 Å². The van der Waals surface area contributed by atoms with Gasteiger partial charge in [0.25, 0.3) is 5.92 Å². The van der Waals surface area contributed by atoms with Crippen molar-refractivity contribution in [2.75, 3.05) is 6.61 Å². The number of unbranched alkanes of at least 4 members (excludes halogenated alkanes) is 1. The van der Waals surface area contributed by atoms with Crippen molar-refractivity contribution in [1.29, 1.82) is 0 Å². The third-order valence-electron chi connectivity index (χ3n) is 6.18. The highest BCUT2D eigenvalue weighted by molar-refractivity contribution is 5.66. The summed E-state index contributed by atoms with van der Waals surface area (Å²) < 4.78 is 34.5. The van der Waals surface area contributed by atoms with E-state index in [1.165, 1.54) is 6.08 Å². The normalized spacial score (nSPS) is 30.2. The van der Waals surface area contributed by atoms with E-state index in [-0.39, 0.29) is 30.8 Å². The Kier molecular flexibility index (Phi) is 9.28. The fourth-order valence-corrected chi connectivity index (χ4v) is 4.55. The fourth-order valence-electron chi connectivity index (χ4n) is 4.55. The molecule has 5 atom stereocenters. The predicted octanol–water partition coefficient (Wildman–Crippen LogP) is 5.36. The molecule has 2 rings (SSSR count). The van der Waals surface area contributed by atoms with Crippen LogP contribution >= 0.6 is 0 Å². The number of allylic oxidation sites excluding steroid dienone is 3. The molecule has 1 aliphatic carbocycles. The molecule has 0 aromatic carbocycles. The Morgan fingerprint density at radius 1 is 1.24 bits per heavy atom. The maximum atomic E-state index is 14.2. The molecule has 0 aromatic rings. The average Bonchev–Trinajstić information content (AvgIpc) is 2.79. The molecule has 166 valence electrons. The lowest BCUT2D eigenvalue weighted by Gasteiger charge is -2.21. The number of fused-ring (bicyclic) bond motifs is 1. The van der Waals surface area contributed by atoms with Crippen LogP contribution in [0.1, 0.15) is 71.6 Å². The van der Waals surface area contributed by atoms with Crippen LogP contribution in [-0.2, 0) is 9.53 Å². The van der Waals surface area contributed by atoms with Crippen molar-refractivity contribution in [3.05, 3.63) is 23.8 Å². The molecule has 1 saturated heterocycles. The Bertz CT molecular complexity index is 583. The van der Waals surface area contributed by atoms with Crippen molar-refractivity contribution in [2.45, 2.75) is 89.8 Å². The van der Waals surface area contributed by atoms with Gasteiger partial charge < -0.3 is 14.9 Å². The summed E-state index contributed by atoms with van der Waals surface area (Å²) in [7, 11) is 0. The number of alkyl halides is 2. The number of halogens is 2. The van der Waals surface area contributed by atoms with E-state index in [0.29, 0.717) is 38.2 Å². The minimum atomic E-state index is -2.86. The SMILES string of the molecule is CC(C)=CCCCC(F)(F)C=C[C@@H]1[C@H]2CC[C@H](CCCC(=O)O)CO[C@H]2C[C@H]1O. The van der Waals surface area contributed by atoms with Gasteiger partial charge in [-0.25, -0.2) is 8.78 Å². The molecule has 0 radical (unpaired) electrons. The Labute approximate surface area is 173 Å². The second-order valence-corrected chi connectivity index (χ2v) is 8.94. The van der Waals surface area contributed by atoms with E-state index in [9.17, 15) is 18.7 Å². The van der Waals surface area contributed by atoms with Gasteiger partial charge in [-0.3, -0.25) is 4.79 Å². The highest BCUT2D eigenvalue weighted by Crippen LogP contribution is 2.42. The topological polar surface area (TPSA) is 66.8 Å². The number of carboxylic acid groups (broad SMARTS) is 1. The number of carboxylic acids is 1. The Hall–Kier alpha value is -1.27. The summed E-state index contributed by atoms with van der Waals surface area (Å²) in [6.07, 6.45) is 8.41. The van der Waals surface area contributed by atoms with Crippen molar-refractivity contribution in [1.82, 2.24) is 0 Å². The molecule has 1 heterocycles. The Morgan fingerprint density at radius 3 is 2.69 bits per heavy atom. The second-order valence-electron chi connectivity index (χ2n) is 8.94. The first-order valence-corrected chi connectivity index (χ1v) is 10.9. The quantitative estimate of drug-likeness (QED) is 0.373. The zero-order chi connectivity index (χ0) is 21.4. The lowest BCUT2D eigenvalue weighted by molar-refractivity contribution is -0.137. The van der Waals surface area contributed by atoms with Gasteiger partial charge in [-0.1, -0.05) is 17.7 Å². The number of rotatable bonds is 10. The van der Waals surface area contributed by atoms with E-state index in [2.05, 4.69) is 0 Å². The van der Waals surface area contributed by atoms with E-state index >= 15 is 0 Å². The van der Waals surface area contributed by atoms with Crippen LogP contribution in [0.25, 0.3) is 0 Å². The summed E-state index contributed by atoms with van der Waals surface area (Å²) in [6, 6.07) is 0. The maximum Gasteiger partial charge on any atom is 0.303 e. The van der Waals surface area contributed by atoms with Crippen LogP contribution in [0.3, 0.4) is 0 Å². The Morgan fingerprint density at radius 2 is 2.00 bits per heavy atom. The molecule has 2 aliphatic rings. The molecule has 0 spiro atoms. The molecule has 29 heavy (non-hydrogen) atoms. The maximum absolute atomic E-state index is 14.2. The lowest BCUT2D eigenvalue weighted by Crippen LogP contribution is -2.22. The van der Waals surface area contributed by atoms with Gasteiger partial charge in [0, 0.05) is 31.8 Å². The van der Waals surface area contributed by atoms with E-state index < -0.39 is 18.0 Å². The molecule has 6 heteroatoms. The molecule has 0 bridgehead atoms. The van der Waals surface area contributed by atoms with Gasteiger partial charge in [0.05, 0.1) is 12.2 Å². The van der Waals surface area contributed by atoms with Gasteiger partial charge >= 0.3 is 5.97 Å². The Balaban J connectivity index is 1.88. The summed E-state index contributed by atoms with van der Waals surface area (Å²) in [4.78, 5) is 10.7. The molecular weight excluding hydrogens is 378 g/mol. The number of hydrogen-bond donors (Lipinski definition) is 2. The van der Waals surface area contributed by atoms with Gasteiger partial charge in [-0.05, 0) is 70.3 Å². The average molecular weight is 415 g/mol. The van der Waals surface area contributed by atoms with Crippen molar-refractivity contribution in [3.8, 4) is 0 Å². The lowest BCUT2D eigenvalue weighted by atomic mass is 9.86. The minimum absolute atomic E-state index is 0.0483. The minimum Gasteiger partial charge on any atom is -0.481 e. The van der Waals surface area contributed by atoms with Crippen LogP contribution in [0.15, 0.2) is 23.8 Å². The predicted molar refractivity (Wildman–Crippen MR) is 109 cm³/mol. The summed E-state index contributed by atoms with van der Waals surface area (Å²) in [5.41, 5.74) is 1.14. The molecule has 4 nitrogen and oxygen atoms in total. The van der Waals surface area contributed by atoms with Gasteiger partial charge in [0.1, 0.15) is 0 Å². The first-order valence-electron chi connectivity index (χ1n) is 10.9. The number of ether oxygens (including phenoxy) is 1. The zero-order valence-corrected chi connectivity index (χ0v) is 17.7. The molecule has 0 aromatic heterocycles. The number of aliphatic carboxylic acids is 1. The highest BCUT2D eigenvalue weighted by atomic mass is 19.3. The van der Waals surface area contributed by atoms with Gasteiger partial charge in [-0.2, -0.15) is 0 Å². The summed E-state index contributed by atoms with van der Waals surface area (Å²) in [5, 5.41) is 19.2. The fraction of sp³-hybridized carbons (Fsp3) is 0.783. The molecular formula is C23H36F2O4. The van der Waals surface area contributed by atoms with Crippen molar-refractivity contribution in [2.24, 2.45) is 17.8 Å². The van der Waals surface area contributed by atoms with Crippen LogP contribution in [0.5, 0.6) is 0 Å². The van der Waals surface area contributed by atoms with Crippen LogP contribution in [0.4, 0.5) is 8.78 Å². The number of carbonyl (C=O) groups is 1. The number of aliphatic hydroxyl groups is 1. The molecule has 0 unspecified atom stereocenters. The smallest absolute Gasteiger partial charge is 0.303 e. The third kappa shape index (κ3) is 8.17. The number of hydrogen-bond acceptors (Lipinski definition) is 3. The monoisotopic (exact) mass is 414 g/mol. The molecule has 2 N–H and O–H groups in total. The van der Waals surface area contributed by atoms with Crippen LogP contribution < -0.4 is 0 Å². The summed E-state index contributed by atoms with van der Waals surface area (Å²) in [5.74, 6) is -3.60. The van der Waals surface area contributed by atoms with Gasteiger partial charge in [0.2, 0.25) is 0 Å². The first-order chi connectivity index (χ1) is 13.7. The first kappa shape index (κ1) is 24.0. The van der Waals surface area contributed by atoms with Crippen LogP contribution in [0.2, 0.25) is 0 Å². The standard InChI is InChI=1S/C23H36F2O4/c1-16(2)6-3-4-12-23(24,25)13-11-18-19-10-9-17(7-5-8-22(27)28)15-29-21(19)14-20(18)26/h6,11,13,17-21,26H,3-5,7-10,12,14-15H2,1-2H3,(H,27,28)/t17-,18+,19+,20+,21-/m0/s1. The van der Waals surface area contributed by atoms with Crippen LogP contribution in [0, 0.1) is 17.8 Å². The molecule has 1 saturated carbocycles. The largest absolute Gasteiger partial charge is 0.481 e. The number of aliphatic hydroxyl groups excluding tert-OH is 1. The summed E-state index contributed by atoms with van der Waals surface area (Å²) in [6.45, 7) is 4.48. The molecule has 0 amide bonds. The highest BCUT2D eigenvalue weighted by Gasteiger charge is 2.43. The van der Waals surface area contributed by atoms with Crippen molar-refractivity contribution >= 4 is 5.97 Å². The van der Waals surface area contributed by atoms with Crippen molar-refractivity contribution < 1.29 is 28.5 Å². The van der Waals surface area contributed by atoms with Gasteiger partial charge in [-0.15, -0.1) is 0 Å². The molecule has 2 fully saturated rings. The van der Waals surface area contributed by atoms with E-state index in [4.69, 9.17) is 9.84 Å². The molecule has 1 aliphatic heterocycles. The van der Waals surface area contributed by atoms with E-state index in [1.54, 1.807) is 0 Å². The summed E-state index contributed by atoms with van der Waals surface area (Å²) >= 11 is 0. The van der Waals surface area contributed by atoms with Crippen molar-refractivity contribution in [3.63, 3.8) is 0 Å². The van der Waals surface area contributed by atoms with Gasteiger partial charge in [0.15, 0.2) is 0 Å². The second kappa shape index (κ2) is 11.2. The van der Waals surface area contributed by atoms with E-state index in [0.717, 1.165) is 30.9 Å².